The van der Waals surface area contributed by atoms with Gasteiger partial charge in [-0.3, -0.25) is 4.79 Å². The lowest BCUT2D eigenvalue weighted by Gasteiger charge is -2.47. The molecule has 4 heterocycles. The fourth-order valence-electron chi connectivity index (χ4n) is 9.39. The van der Waals surface area contributed by atoms with Crippen LogP contribution < -0.4 is 10.6 Å². The first kappa shape index (κ1) is 46.6. The summed E-state index contributed by atoms with van der Waals surface area (Å²) in [7, 11) is 5.39. The van der Waals surface area contributed by atoms with E-state index in [0.717, 1.165) is 13.0 Å². The molecule has 0 spiro atoms. The molecule has 0 radical (unpaired) electrons. The van der Waals surface area contributed by atoms with Crippen molar-refractivity contribution in [1.82, 2.24) is 15.5 Å². The summed E-state index contributed by atoms with van der Waals surface area (Å²) >= 11 is 0. The molecule has 322 valence electrons. The van der Waals surface area contributed by atoms with Gasteiger partial charge in [-0.25, -0.2) is 0 Å². The molecule has 0 saturated carbocycles. The molecule has 18 atom stereocenters. The van der Waals surface area contributed by atoms with E-state index in [1.807, 2.05) is 46.7 Å². The summed E-state index contributed by atoms with van der Waals surface area (Å²) in [5.41, 5.74) is -4.06. The summed E-state index contributed by atoms with van der Waals surface area (Å²) < 4.78 is 44.7. The smallest absolute Gasteiger partial charge is 0.311 e. The number of nitrogens with one attached hydrogen (secondary N) is 2. The van der Waals surface area contributed by atoms with Gasteiger partial charge in [0.1, 0.15) is 23.9 Å². The number of hydrogen-bond acceptors (Lipinski definition) is 15. The molecule has 0 aromatic rings. The van der Waals surface area contributed by atoms with Gasteiger partial charge in [-0.1, -0.05) is 27.7 Å². The second-order valence-corrected chi connectivity index (χ2v) is 17.8. The minimum Gasteiger partial charge on any atom is -0.459 e. The number of esters is 1. The first-order valence-electron chi connectivity index (χ1n) is 20.6. The van der Waals surface area contributed by atoms with Crippen molar-refractivity contribution in [3.63, 3.8) is 0 Å². The topological polar surface area (TPSA) is 193 Å². The second kappa shape index (κ2) is 18.5. The summed E-state index contributed by atoms with van der Waals surface area (Å²) in [4.78, 5) is 16.2. The van der Waals surface area contributed by atoms with Crippen LogP contribution in [0, 0.1) is 17.8 Å². The average Bonchev–Trinajstić information content (AvgIpc) is 3.79. The van der Waals surface area contributed by atoms with Gasteiger partial charge in [-0.15, -0.1) is 0 Å². The van der Waals surface area contributed by atoms with E-state index in [4.69, 9.17) is 33.2 Å². The van der Waals surface area contributed by atoms with Crippen molar-refractivity contribution in [2.24, 2.45) is 17.8 Å². The summed E-state index contributed by atoms with van der Waals surface area (Å²) in [6.07, 6.45) is -5.86. The van der Waals surface area contributed by atoms with Gasteiger partial charge in [-0.2, -0.15) is 0 Å². The lowest BCUT2D eigenvalue weighted by atomic mass is 9.77. The predicted molar refractivity (Wildman–Crippen MR) is 205 cm³/mol. The van der Waals surface area contributed by atoms with Gasteiger partial charge in [0.05, 0.1) is 42.4 Å². The van der Waals surface area contributed by atoms with Crippen LogP contribution in [0.15, 0.2) is 0 Å². The molecule has 4 aliphatic rings. The number of cyclic esters (lactones) is 1. The monoisotopic (exact) mass is 790 g/mol. The second-order valence-electron chi connectivity index (χ2n) is 17.8. The largest absolute Gasteiger partial charge is 0.459 e. The standard InChI is InChI=1S/C40H75N3O12/c1-14-16-41-21-39-27(8)51-30(19-40(39,49-13)55-39)53-32-24(5)34(54-36-31(44)28(43(11)12)17-23(4)50-36)37(9,47)18-22(3)20-42-26(7)33(45)38(10,48)29(15-2)52-35(46)25(32)6/h22-34,36,41-42,44-45,47-48H,14-21H2,1-13H3/t22-,23-,24+,25-,26-,27?,28?,29-,30?,31?,32+,33-,34-,36+,37-,38-,39?,40?/m1/s1. The van der Waals surface area contributed by atoms with E-state index in [9.17, 15) is 25.2 Å². The summed E-state index contributed by atoms with van der Waals surface area (Å²) in [5.74, 6) is -3.51. The van der Waals surface area contributed by atoms with Crippen molar-refractivity contribution >= 4 is 5.97 Å². The maximum Gasteiger partial charge on any atom is 0.311 e. The Kier molecular flexibility index (Phi) is 15.7. The quantitative estimate of drug-likeness (QED) is 0.101. The predicted octanol–water partition coefficient (Wildman–Crippen LogP) is 1.90. The number of ether oxygens (including phenoxy) is 7. The third kappa shape index (κ3) is 9.88. The zero-order chi connectivity index (χ0) is 41.3. The highest BCUT2D eigenvalue weighted by molar-refractivity contribution is 5.73. The van der Waals surface area contributed by atoms with Crippen LogP contribution in [0.25, 0.3) is 0 Å². The van der Waals surface area contributed by atoms with Crippen LogP contribution in [0.5, 0.6) is 0 Å². The Morgan fingerprint density at radius 2 is 1.67 bits per heavy atom. The van der Waals surface area contributed by atoms with Gasteiger partial charge in [0.25, 0.3) is 0 Å². The third-order valence-corrected chi connectivity index (χ3v) is 12.8. The Hall–Kier alpha value is -1.05. The van der Waals surface area contributed by atoms with E-state index in [0.29, 0.717) is 19.5 Å². The first-order chi connectivity index (χ1) is 25.6. The van der Waals surface area contributed by atoms with Crippen molar-refractivity contribution in [3.8, 4) is 0 Å². The molecule has 0 aliphatic carbocycles. The number of rotatable bonds is 11. The number of carbonyl (C=O) groups excluding carboxylic acids is 1. The summed E-state index contributed by atoms with van der Waals surface area (Å²) in [6.45, 7) is 19.9. The SMILES string of the molecule is CCCNCC12OC1(OC)CC(O[C@H]1[C@H](C)[C@@H](O[C@@H]3O[C@H](C)CC(N(C)C)C3O)[C@](C)(O)C[C@@H](C)CN[C@H](C)[C@@H](O)[C@](C)(O)[C@@H](CC)OC(=O)[C@@H]1C)OC2C. The van der Waals surface area contributed by atoms with Crippen molar-refractivity contribution in [3.05, 3.63) is 0 Å². The molecule has 0 aromatic carbocycles. The number of epoxide rings is 1. The molecule has 15 heteroatoms. The maximum absolute atomic E-state index is 14.3. The fourth-order valence-corrected chi connectivity index (χ4v) is 9.39. The minimum absolute atomic E-state index is 0.147. The van der Waals surface area contributed by atoms with E-state index in [1.165, 1.54) is 6.92 Å². The Bertz CT molecular complexity index is 1240. The average molecular weight is 790 g/mol. The van der Waals surface area contributed by atoms with Gasteiger partial charge >= 0.3 is 5.97 Å². The lowest BCUT2D eigenvalue weighted by Crippen LogP contribution is -2.60. The van der Waals surface area contributed by atoms with Gasteiger partial charge in [-0.05, 0) is 100 Å². The molecule has 6 unspecified atom stereocenters. The van der Waals surface area contributed by atoms with Crippen LogP contribution in [0.4, 0.5) is 0 Å². The highest BCUT2D eigenvalue weighted by atomic mass is 16.8. The van der Waals surface area contributed by atoms with E-state index < -0.39 is 95.6 Å². The first-order valence-corrected chi connectivity index (χ1v) is 20.6. The summed E-state index contributed by atoms with van der Waals surface area (Å²) in [5, 5.41) is 53.9. The molecular formula is C40H75N3O12. The normalized spacial score (nSPS) is 49.1. The minimum atomic E-state index is -1.79. The Morgan fingerprint density at radius 3 is 2.27 bits per heavy atom. The molecule has 4 aliphatic heterocycles. The van der Waals surface area contributed by atoms with E-state index in [-0.39, 0.29) is 37.3 Å². The molecule has 4 rings (SSSR count). The maximum atomic E-state index is 14.3. The number of hydrogen-bond donors (Lipinski definition) is 6. The van der Waals surface area contributed by atoms with E-state index in [2.05, 4.69) is 17.6 Å². The van der Waals surface area contributed by atoms with Crippen LogP contribution in [0.1, 0.15) is 101 Å². The molecule has 6 N–H and O–H groups in total. The zero-order valence-corrected chi connectivity index (χ0v) is 35.7. The van der Waals surface area contributed by atoms with Crippen LogP contribution in [-0.2, 0) is 38.0 Å². The molecule has 4 fully saturated rings. The van der Waals surface area contributed by atoms with Gasteiger partial charge in [0.2, 0.25) is 5.79 Å². The number of nitrogens with zero attached hydrogens (tertiary/aromatic N) is 1. The van der Waals surface area contributed by atoms with Crippen molar-refractivity contribution in [2.75, 3.05) is 40.8 Å². The molecule has 0 aromatic heterocycles. The van der Waals surface area contributed by atoms with Gasteiger partial charge in [0.15, 0.2) is 18.2 Å². The van der Waals surface area contributed by atoms with E-state index >= 15 is 0 Å². The highest BCUT2D eigenvalue weighted by Crippen LogP contribution is 2.58. The molecule has 15 nitrogen and oxygen atoms in total. The molecule has 4 saturated heterocycles. The molecular weight excluding hydrogens is 714 g/mol. The van der Waals surface area contributed by atoms with Crippen LogP contribution >= 0.6 is 0 Å². The van der Waals surface area contributed by atoms with Crippen LogP contribution in [0.3, 0.4) is 0 Å². The number of likely N-dealkylation sites (N-methyl/N-ethyl adjacent to an activating group) is 1. The Labute approximate surface area is 329 Å². The van der Waals surface area contributed by atoms with Crippen LogP contribution in [0.2, 0.25) is 0 Å². The van der Waals surface area contributed by atoms with Crippen molar-refractivity contribution in [2.45, 2.75) is 191 Å². The number of aliphatic hydroxyl groups is 4. The highest BCUT2D eigenvalue weighted by Gasteiger charge is 2.77. The zero-order valence-electron chi connectivity index (χ0n) is 35.7. The van der Waals surface area contributed by atoms with Gasteiger partial charge < -0.3 is 69.1 Å². The fraction of sp³-hybridized carbons (Fsp3) is 0.975. The number of aliphatic hydroxyl groups excluding tert-OH is 2. The number of fused-ring (bicyclic) bond motifs is 1. The van der Waals surface area contributed by atoms with Crippen molar-refractivity contribution in [1.29, 1.82) is 0 Å². The Morgan fingerprint density at radius 1 is 1.00 bits per heavy atom. The van der Waals surface area contributed by atoms with Gasteiger partial charge in [0, 0.05) is 31.7 Å². The number of carbonyl (C=O) groups is 1. The van der Waals surface area contributed by atoms with Crippen LogP contribution in [-0.4, -0.2) is 162 Å². The number of methoxy groups -OCH3 is 1. The van der Waals surface area contributed by atoms with Crippen molar-refractivity contribution < 1.29 is 58.4 Å². The molecule has 0 amide bonds. The van der Waals surface area contributed by atoms with E-state index in [1.54, 1.807) is 34.8 Å². The Balaban J connectivity index is 1.77. The molecule has 55 heavy (non-hydrogen) atoms. The summed E-state index contributed by atoms with van der Waals surface area (Å²) in [6, 6.07) is -0.845. The lowest BCUT2D eigenvalue weighted by molar-refractivity contribution is -0.308. The third-order valence-electron chi connectivity index (χ3n) is 12.8. The molecule has 0 bridgehead atoms.